The predicted molar refractivity (Wildman–Crippen MR) is 152 cm³/mol. The Kier molecular flexibility index (Phi) is 13.3. The SMILES string of the molecule is O=C([O-])c1cc(O)c(O)c(O)c1.O=C([O][Sb]([O]C(=O)c1cc(O)c(O)c(O)c1)[O]C(=O)c1cc(O)c(O)c(O)c1)c1cc(O)c(O)c(O)c1.[Na+]. The molecule has 0 aliphatic carbocycles. The standard InChI is InChI=1S/4C7H6O5.Na.Sb/c4*8-4-1-3(7(11)12)2-5(9)6(4)10;;/h4*1-2,8-10H,(H,11,12);;/q;;;;+1;+3/p-4. The Balaban J connectivity index is 0.000000564. The number of phenols is 12. The largest absolute Gasteiger partial charge is 1.00 e. The zero-order valence-corrected chi connectivity index (χ0v) is 29.3. The fourth-order valence-electron chi connectivity index (χ4n) is 3.31. The van der Waals surface area contributed by atoms with E-state index in [-0.39, 0.29) is 29.6 Å². The summed E-state index contributed by atoms with van der Waals surface area (Å²) < 4.78 is 14.8. The molecule has 0 atom stereocenters. The molecular formula is C28H20NaO20Sb. The molecule has 0 bridgehead atoms. The van der Waals surface area contributed by atoms with Gasteiger partial charge < -0.3 is 25.2 Å². The maximum atomic E-state index is 12.5. The van der Waals surface area contributed by atoms with Gasteiger partial charge in [0.25, 0.3) is 0 Å². The van der Waals surface area contributed by atoms with Gasteiger partial charge in [0.2, 0.25) is 0 Å². The van der Waals surface area contributed by atoms with Gasteiger partial charge in [0.15, 0.2) is 17.2 Å². The van der Waals surface area contributed by atoms with E-state index < -0.39 is 137 Å². The molecule has 0 heterocycles. The maximum absolute atomic E-state index is 12.5. The van der Waals surface area contributed by atoms with Crippen LogP contribution in [0.5, 0.6) is 69.0 Å². The summed E-state index contributed by atoms with van der Waals surface area (Å²) in [7, 11) is 0. The first-order valence-electron chi connectivity index (χ1n) is 12.5. The molecule has 4 aromatic rings. The van der Waals surface area contributed by atoms with Gasteiger partial charge in [-0.3, -0.25) is 0 Å². The van der Waals surface area contributed by atoms with E-state index in [1.165, 1.54) is 0 Å². The Morgan fingerprint density at radius 3 is 0.760 bits per heavy atom. The summed E-state index contributed by atoms with van der Waals surface area (Å²) in [6, 6.07) is 5.60. The fraction of sp³-hybridized carbons (Fsp3) is 0. The molecular weight excluding hydrogens is 801 g/mol. The summed E-state index contributed by atoms with van der Waals surface area (Å²) in [6.45, 7) is 0. The topological polar surface area (TPSA) is 362 Å². The van der Waals surface area contributed by atoms with Crippen LogP contribution in [0.4, 0.5) is 0 Å². The number of carboxylic acid groups (broad SMARTS) is 1. The molecule has 22 heteroatoms. The van der Waals surface area contributed by atoms with Crippen LogP contribution >= 0.6 is 0 Å². The number of phenolic OH excluding ortho intramolecular Hbond substituents is 12. The van der Waals surface area contributed by atoms with Crippen molar-refractivity contribution in [3.8, 4) is 69.0 Å². The number of carbonyl (C=O) groups is 4. The number of rotatable bonds is 7. The second-order valence-corrected chi connectivity index (χ2v) is 11.9. The van der Waals surface area contributed by atoms with Crippen molar-refractivity contribution in [2.45, 2.75) is 0 Å². The van der Waals surface area contributed by atoms with Crippen molar-refractivity contribution in [1.82, 2.24) is 0 Å². The first-order valence-corrected chi connectivity index (χ1v) is 15.6. The van der Waals surface area contributed by atoms with E-state index in [1.54, 1.807) is 0 Å². The van der Waals surface area contributed by atoms with Crippen LogP contribution in [0, 0.1) is 0 Å². The molecule has 20 nitrogen and oxygen atoms in total. The summed E-state index contributed by atoms with van der Waals surface area (Å²) in [4.78, 5) is 47.8. The minimum atomic E-state index is -4.82. The van der Waals surface area contributed by atoms with Crippen LogP contribution in [0.15, 0.2) is 48.5 Å². The zero-order chi connectivity index (χ0) is 36.9. The number of carbonyl (C=O) groups excluding carboxylic acids is 4. The zero-order valence-electron chi connectivity index (χ0n) is 24.7. The van der Waals surface area contributed by atoms with Gasteiger partial charge in [-0.15, -0.1) is 0 Å². The van der Waals surface area contributed by atoms with Crippen molar-refractivity contribution in [3.63, 3.8) is 0 Å². The molecule has 4 rings (SSSR count). The summed E-state index contributed by atoms with van der Waals surface area (Å²) >= 11 is -4.82. The summed E-state index contributed by atoms with van der Waals surface area (Å²) in [5.41, 5.74) is -2.12. The van der Waals surface area contributed by atoms with Gasteiger partial charge in [-0.05, 0) is 12.1 Å². The molecule has 0 aliphatic rings. The third-order valence-electron chi connectivity index (χ3n) is 5.69. The Morgan fingerprint density at radius 2 is 0.580 bits per heavy atom. The Morgan fingerprint density at radius 1 is 0.400 bits per heavy atom. The third kappa shape index (κ3) is 9.63. The summed E-state index contributed by atoms with van der Waals surface area (Å²) in [5, 5.41) is 122. The van der Waals surface area contributed by atoms with E-state index in [1.807, 2.05) is 0 Å². The minimum absolute atomic E-state index is 0. The van der Waals surface area contributed by atoms with E-state index in [4.69, 9.17) is 24.4 Å². The van der Waals surface area contributed by atoms with E-state index in [0.717, 1.165) is 12.1 Å². The molecule has 4 aromatic carbocycles. The van der Waals surface area contributed by atoms with Crippen molar-refractivity contribution >= 4 is 45.3 Å². The van der Waals surface area contributed by atoms with Crippen molar-refractivity contribution in [1.29, 1.82) is 0 Å². The average molecular weight is 821 g/mol. The van der Waals surface area contributed by atoms with Gasteiger partial charge in [0.1, 0.15) is 0 Å². The van der Waals surface area contributed by atoms with Crippen molar-refractivity contribution < 1.29 is 124 Å². The van der Waals surface area contributed by atoms with E-state index in [2.05, 4.69) is 0 Å². The quantitative estimate of drug-likeness (QED) is 0.0655. The number of carboxylic acids is 1. The van der Waals surface area contributed by atoms with Crippen LogP contribution in [-0.2, 0) is 9.05 Å². The molecule has 0 unspecified atom stereocenters. The monoisotopic (exact) mass is 820 g/mol. The molecule has 0 fully saturated rings. The molecule has 0 radical (unpaired) electrons. The summed E-state index contributed by atoms with van der Waals surface area (Å²) in [6.07, 6.45) is 0. The van der Waals surface area contributed by atoms with Crippen molar-refractivity contribution in [2.24, 2.45) is 0 Å². The predicted octanol–water partition coefficient (Wildman–Crippen LogP) is -2.94. The van der Waals surface area contributed by atoms with Gasteiger partial charge >= 0.3 is 243 Å². The van der Waals surface area contributed by atoms with Crippen LogP contribution in [0.1, 0.15) is 41.4 Å². The number of hydrogen-bond acceptors (Lipinski definition) is 20. The first kappa shape index (κ1) is 40.4. The first-order chi connectivity index (χ1) is 22.8. The Hall–Kier alpha value is -5.82. The van der Waals surface area contributed by atoms with Crippen LogP contribution in [0.3, 0.4) is 0 Å². The second-order valence-electron chi connectivity index (χ2n) is 9.10. The van der Waals surface area contributed by atoms with Crippen molar-refractivity contribution in [3.05, 3.63) is 70.8 Å². The van der Waals surface area contributed by atoms with Crippen LogP contribution in [0.25, 0.3) is 0 Å². The fourth-order valence-corrected chi connectivity index (χ4v) is 5.69. The van der Waals surface area contributed by atoms with Crippen molar-refractivity contribution in [2.75, 3.05) is 0 Å². The molecule has 50 heavy (non-hydrogen) atoms. The average Bonchev–Trinajstić information content (AvgIpc) is 3.02. The molecule has 12 N–H and O–H groups in total. The van der Waals surface area contributed by atoms with Gasteiger partial charge in [-0.2, -0.15) is 0 Å². The minimum Gasteiger partial charge on any atom is 1.00 e. The van der Waals surface area contributed by atoms with Crippen LogP contribution < -0.4 is 34.7 Å². The van der Waals surface area contributed by atoms with Crippen LogP contribution in [-0.4, -0.2) is 107 Å². The van der Waals surface area contributed by atoms with Gasteiger partial charge in [0, 0.05) is 5.56 Å². The summed E-state index contributed by atoms with van der Waals surface area (Å²) in [5.74, 6) is -16.3. The molecule has 258 valence electrons. The Labute approximate surface area is 307 Å². The van der Waals surface area contributed by atoms with Gasteiger partial charge in [-0.1, -0.05) is 0 Å². The number of benzene rings is 4. The molecule has 0 saturated heterocycles. The second kappa shape index (κ2) is 16.5. The molecule has 0 saturated carbocycles. The molecule has 0 amide bonds. The van der Waals surface area contributed by atoms with E-state index in [9.17, 15) is 70.2 Å². The smallest absolute Gasteiger partial charge is 1.00 e. The van der Waals surface area contributed by atoms with Gasteiger partial charge in [-0.25, -0.2) is 0 Å². The van der Waals surface area contributed by atoms with E-state index >= 15 is 0 Å². The van der Waals surface area contributed by atoms with Crippen LogP contribution in [0.2, 0.25) is 0 Å². The van der Waals surface area contributed by atoms with E-state index in [0.29, 0.717) is 36.4 Å². The number of aromatic carboxylic acids is 1. The van der Waals surface area contributed by atoms with Gasteiger partial charge in [0.05, 0.1) is 5.97 Å². The number of aromatic hydroxyl groups is 12. The number of hydrogen-bond donors (Lipinski definition) is 12. The Bertz CT molecular complexity index is 1720. The normalized spacial score (nSPS) is 10.2. The molecule has 0 spiro atoms. The molecule has 0 aromatic heterocycles. The maximum Gasteiger partial charge on any atom is 1.00 e. The molecule has 0 aliphatic heterocycles. The third-order valence-corrected chi connectivity index (χ3v) is 8.39.